The zero-order chi connectivity index (χ0) is 13.8. The van der Waals surface area contributed by atoms with Gasteiger partial charge in [-0.05, 0) is 24.5 Å². The van der Waals surface area contributed by atoms with Crippen LogP contribution in [0.3, 0.4) is 0 Å². The first-order valence-corrected chi connectivity index (χ1v) is 7.23. The van der Waals surface area contributed by atoms with Gasteiger partial charge in [0, 0.05) is 30.7 Å². The van der Waals surface area contributed by atoms with Crippen molar-refractivity contribution in [3.05, 3.63) is 34.3 Å². The lowest BCUT2D eigenvalue weighted by Gasteiger charge is -2.26. The molecule has 1 unspecified atom stereocenters. The van der Waals surface area contributed by atoms with E-state index < -0.39 is 6.10 Å². The molecule has 0 aromatic heterocycles. The molecule has 0 spiro atoms. The number of rotatable bonds is 6. The van der Waals surface area contributed by atoms with Gasteiger partial charge in [0.05, 0.1) is 0 Å². The summed E-state index contributed by atoms with van der Waals surface area (Å²) in [6.45, 7) is 0.819. The molecule has 0 bridgehead atoms. The Kier molecular flexibility index (Phi) is 4.96. The molecule has 1 aromatic rings. The highest BCUT2D eigenvalue weighted by Crippen LogP contribution is 2.30. The molecule has 1 atom stereocenters. The first-order chi connectivity index (χ1) is 9.17. The topological polar surface area (TPSA) is 55.6 Å². The molecule has 1 saturated carbocycles. The third kappa shape index (κ3) is 3.55. The normalized spacial score (nSPS) is 16.2. The van der Waals surface area contributed by atoms with Crippen LogP contribution in [0.5, 0.6) is 0 Å². The van der Waals surface area contributed by atoms with Crippen LogP contribution in [0, 0.1) is 0 Å². The molecule has 5 heteroatoms. The second-order valence-corrected chi connectivity index (χ2v) is 5.60. The molecule has 1 aromatic carbocycles. The molecule has 2 N–H and O–H groups in total. The number of carbonyl (C=O) groups excluding carboxylic acids is 1. The monoisotopic (exact) mass is 326 g/mol. The second-order valence-electron chi connectivity index (χ2n) is 4.75. The van der Waals surface area contributed by atoms with E-state index in [1.165, 1.54) is 7.11 Å². The van der Waals surface area contributed by atoms with Crippen molar-refractivity contribution in [2.45, 2.75) is 31.5 Å². The molecule has 1 amide bonds. The van der Waals surface area contributed by atoms with Gasteiger partial charge >= 0.3 is 0 Å². The molecule has 104 valence electrons. The minimum Gasteiger partial charge on any atom is -0.370 e. The summed E-state index contributed by atoms with van der Waals surface area (Å²) >= 11 is 3.52. The van der Waals surface area contributed by atoms with Crippen LogP contribution in [-0.4, -0.2) is 36.6 Å². The minimum absolute atomic E-state index is 0.0109. The van der Waals surface area contributed by atoms with Crippen molar-refractivity contribution in [1.29, 1.82) is 0 Å². The summed E-state index contributed by atoms with van der Waals surface area (Å²) in [5, 5.41) is 0. The van der Waals surface area contributed by atoms with E-state index in [0.717, 1.165) is 22.9 Å². The summed E-state index contributed by atoms with van der Waals surface area (Å²) in [5.41, 5.74) is 6.69. The fourth-order valence-electron chi connectivity index (χ4n) is 2.07. The van der Waals surface area contributed by atoms with Gasteiger partial charge in [0.15, 0.2) is 0 Å². The van der Waals surface area contributed by atoms with Gasteiger partial charge in [-0.1, -0.05) is 34.1 Å². The van der Waals surface area contributed by atoms with Crippen LogP contribution in [0.15, 0.2) is 28.7 Å². The molecule has 1 aliphatic rings. The number of carbonyl (C=O) groups is 1. The van der Waals surface area contributed by atoms with Gasteiger partial charge < -0.3 is 15.4 Å². The van der Waals surface area contributed by atoms with Crippen LogP contribution >= 0.6 is 15.9 Å². The number of halogens is 1. The third-order valence-corrected chi connectivity index (χ3v) is 4.12. The molecule has 2 rings (SSSR count). The Balaban J connectivity index is 2.13. The fourth-order valence-corrected chi connectivity index (χ4v) is 2.48. The number of nitrogens with two attached hydrogens (primary N) is 1. The standard InChI is InChI=1S/C14H19BrN2O2/c1-19-13(8-16)14(18)17(11-6-7-11)9-10-4-2-3-5-12(10)15/h2-5,11,13H,6-9,16H2,1H3. The maximum absolute atomic E-state index is 12.4. The maximum Gasteiger partial charge on any atom is 0.253 e. The van der Waals surface area contributed by atoms with Crippen molar-refractivity contribution in [2.24, 2.45) is 5.73 Å². The van der Waals surface area contributed by atoms with E-state index in [2.05, 4.69) is 15.9 Å². The van der Waals surface area contributed by atoms with E-state index in [9.17, 15) is 4.79 Å². The number of hydrogen-bond acceptors (Lipinski definition) is 3. The van der Waals surface area contributed by atoms with Gasteiger partial charge in [-0.3, -0.25) is 4.79 Å². The quantitative estimate of drug-likeness (QED) is 0.868. The van der Waals surface area contributed by atoms with Gasteiger partial charge in [-0.15, -0.1) is 0 Å². The molecule has 4 nitrogen and oxygen atoms in total. The predicted octanol–water partition coefficient (Wildman–Crippen LogP) is 1.91. The highest BCUT2D eigenvalue weighted by atomic mass is 79.9. The maximum atomic E-state index is 12.4. The Morgan fingerprint density at radius 2 is 2.21 bits per heavy atom. The molecule has 19 heavy (non-hydrogen) atoms. The number of amides is 1. The number of nitrogens with zero attached hydrogens (tertiary/aromatic N) is 1. The Bertz CT molecular complexity index is 445. The Hall–Kier alpha value is -0.910. The smallest absolute Gasteiger partial charge is 0.253 e. The van der Waals surface area contributed by atoms with Crippen molar-refractivity contribution in [2.75, 3.05) is 13.7 Å². The molecular weight excluding hydrogens is 308 g/mol. The van der Waals surface area contributed by atoms with Crippen LogP contribution in [0.2, 0.25) is 0 Å². The summed E-state index contributed by atoms with van der Waals surface area (Å²) in [4.78, 5) is 14.3. The molecule has 0 aliphatic heterocycles. The highest BCUT2D eigenvalue weighted by molar-refractivity contribution is 9.10. The van der Waals surface area contributed by atoms with Crippen LogP contribution < -0.4 is 5.73 Å². The van der Waals surface area contributed by atoms with Gasteiger partial charge in [0.2, 0.25) is 0 Å². The predicted molar refractivity (Wildman–Crippen MR) is 77.6 cm³/mol. The number of hydrogen-bond donors (Lipinski definition) is 1. The van der Waals surface area contributed by atoms with E-state index in [0.29, 0.717) is 12.6 Å². The SMILES string of the molecule is COC(CN)C(=O)N(Cc1ccccc1Br)C1CC1. The number of benzene rings is 1. The Morgan fingerprint density at radius 1 is 1.53 bits per heavy atom. The van der Waals surface area contributed by atoms with E-state index in [1.54, 1.807) is 0 Å². The van der Waals surface area contributed by atoms with E-state index in [1.807, 2.05) is 29.2 Å². The summed E-state index contributed by atoms with van der Waals surface area (Å²) in [5.74, 6) is -0.0109. The van der Waals surface area contributed by atoms with Crippen LogP contribution in [0.1, 0.15) is 18.4 Å². The summed E-state index contributed by atoms with van der Waals surface area (Å²) in [6.07, 6.45) is 1.59. The van der Waals surface area contributed by atoms with E-state index in [4.69, 9.17) is 10.5 Å². The van der Waals surface area contributed by atoms with Gasteiger partial charge in [-0.25, -0.2) is 0 Å². The molecule has 1 aliphatic carbocycles. The van der Waals surface area contributed by atoms with Crippen LogP contribution in [0.25, 0.3) is 0 Å². The zero-order valence-electron chi connectivity index (χ0n) is 11.0. The zero-order valence-corrected chi connectivity index (χ0v) is 12.6. The largest absolute Gasteiger partial charge is 0.370 e. The lowest BCUT2D eigenvalue weighted by molar-refractivity contribution is -0.142. The van der Waals surface area contributed by atoms with Crippen LogP contribution in [-0.2, 0) is 16.1 Å². The minimum atomic E-state index is -0.539. The molecule has 0 saturated heterocycles. The summed E-state index contributed by atoms with van der Waals surface area (Å²) in [7, 11) is 1.53. The lowest BCUT2D eigenvalue weighted by atomic mass is 10.2. The van der Waals surface area contributed by atoms with E-state index in [-0.39, 0.29) is 12.5 Å². The van der Waals surface area contributed by atoms with Gasteiger partial charge in [-0.2, -0.15) is 0 Å². The lowest BCUT2D eigenvalue weighted by Crippen LogP contribution is -2.44. The third-order valence-electron chi connectivity index (χ3n) is 3.34. The molecular formula is C14H19BrN2O2. The molecule has 1 fully saturated rings. The van der Waals surface area contributed by atoms with Crippen molar-refractivity contribution in [3.63, 3.8) is 0 Å². The van der Waals surface area contributed by atoms with Crippen molar-refractivity contribution in [1.82, 2.24) is 4.90 Å². The average Bonchev–Trinajstić information content (AvgIpc) is 3.23. The average molecular weight is 327 g/mol. The van der Waals surface area contributed by atoms with Gasteiger partial charge in [0.25, 0.3) is 5.91 Å². The number of ether oxygens (including phenoxy) is 1. The number of methoxy groups -OCH3 is 1. The van der Waals surface area contributed by atoms with Crippen molar-refractivity contribution in [3.8, 4) is 0 Å². The molecule has 0 heterocycles. The first-order valence-electron chi connectivity index (χ1n) is 6.44. The fraction of sp³-hybridized carbons (Fsp3) is 0.500. The van der Waals surface area contributed by atoms with Crippen molar-refractivity contribution < 1.29 is 9.53 Å². The van der Waals surface area contributed by atoms with E-state index >= 15 is 0 Å². The Labute approximate surface area is 122 Å². The van der Waals surface area contributed by atoms with Crippen molar-refractivity contribution >= 4 is 21.8 Å². The van der Waals surface area contributed by atoms with Gasteiger partial charge in [0.1, 0.15) is 6.10 Å². The Morgan fingerprint density at radius 3 is 2.74 bits per heavy atom. The summed E-state index contributed by atoms with van der Waals surface area (Å²) < 4.78 is 6.18. The van der Waals surface area contributed by atoms with Crippen LogP contribution in [0.4, 0.5) is 0 Å². The summed E-state index contributed by atoms with van der Waals surface area (Å²) in [6, 6.07) is 8.29. The first kappa shape index (κ1) is 14.5. The second kappa shape index (κ2) is 6.50. The highest BCUT2D eigenvalue weighted by Gasteiger charge is 2.35. The molecule has 0 radical (unpaired) electrons.